The molecule has 1 heterocycles. The van der Waals surface area contributed by atoms with Crippen LogP contribution in [0, 0.1) is 5.92 Å². The Morgan fingerprint density at radius 1 is 1.28 bits per heavy atom. The highest BCUT2D eigenvalue weighted by molar-refractivity contribution is 7.80. The van der Waals surface area contributed by atoms with Crippen LogP contribution in [0.25, 0.3) is 0 Å². The van der Waals surface area contributed by atoms with E-state index in [1.54, 1.807) is 13.8 Å². The standard InChI is InChI=1S/C15H26N4O5S/c1-8(2)12(16)14(22)18-9(7-25)13(21)17-6-11(20)19-5-3-4-10(19)15(23)24/h8-10,12,25H,3-7,16H2,1-2H3,(H,17,21)(H,18,22)(H,23,24). The van der Waals surface area contributed by atoms with Crippen molar-refractivity contribution in [1.82, 2.24) is 15.5 Å². The number of hydrogen-bond acceptors (Lipinski definition) is 6. The molecule has 0 bridgehead atoms. The van der Waals surface area contributed by atoms with Crippen LogP contribution in [-0.4, -0.2) is 70.7 Å². The number of nitrogens with one attached hydrogen (secondary N) is 2. The fourth-order valence-electron chi connectivity index (χ4n) is 2.47. The molecule has 10 heteroatoms. The third kappa shape index (κ3) is 5.89. The topological polar surface area (TPSA) is 142 Å². The maximum atomic E-state index is 12.1. The molecule has 1 fully saturated rings. The van der Waals surface area contributed by atoms with Gasteiger partial charge in [0.1, 0.15) is 12.1 Å². The van der Waals surface area contributed by atoms with Gasteiger partial charge in [-0.3, -0.25) is 14.4 Å². The molecule has 1 aliphatic heterocycles. The molecular weight excluding hydrogens is 348 g/mol. The Balaban J connectivity index is 2.54. The first-order valence-electron chi connectivity index (χ1n) is 8.15. The Hall–Kier alpha value is -1.81. The molecule has 1 saturated heterocycles. The van der Waals surface area contributed by atoms with Crippen molar-refractivity contribution in [2.45, 2.75) is 44.8 Å². The number of rotatable bonds is 8. The molecule has 3 amide bonds. The maximum absolute atomic E-state index is 12.1. The first-order chi connectivity index (χ1) is 11.7. The Kier molecular flexibility index (Phi) is 8.17. The predicted molar refractivity (Wildman–Crippen MR) is 94.0 cm³/mol. The summed E-state index contributed by atoms with van der Waals surface area (Å²) in [5.74, 6) is -2.62. The van der Waals surface area contributed by atoms with Crippen LogP contribution in [-0.2, 0) is 19.2 Å². The van der Waals surface area contributed by atoms with Crippen molar-refractivity contribution < 1.29 is 24.3 Å². The summed E-state index contributed by atoms with van der Waals surface area (Å²) in [5, 5.41) is 14.0. The van der Waals surface area contributed by atoms with Gasteiger partial charge in [-0.1, -0.05) is 13.8 Å². The number of nitrogens with two attached hydrogens (primary N) is 1. The highest BCUT2D eigenvalue weighted by atomic mass is 32.1. The molecule has 0 radical (unpaired) electrons. The average Bonchev–Trinajstić information content (AvgIpc) is 3.06. The van der Waals surface area contributed by atoms with Crippen molar-refractivity contribution in [2.24, 2.45) is 11.7 Å². The maximum Gasteiger partial charge on any atom is 0.326 e. The average molecular weight is 374 g/mol. The highest BCUT2D eigenvalue weighted by Gasteiger charge is 2.34. The van der Waals surface area contributed by atoms with E-state index in [1.165, 1.54) is 4.90 Å². The summed E-state index contributed by atoms with van der Waals surface area (Å²) < 4.78 is 0. The second kappa shape index (κ2) is 9.62. The van der Waals surface area contributed by atoms with Crippen molar-refractivity contribution in [1.29, 1.82) is 0 Å². The van der Waals surface area contributed by atoms with Gasteiger partial charge >= 0.3 is 5.97 Å². The summed E-state index contributed by atoms with van der Waals surface area (Å²) in [4.78, 5) is 48.5. The third-order valence-electron chi connectivity index (χ3n) is 4.11. The zero-order chi connectivity index (χ0) is 19.1. The second-order valence-electron chi connectivity index (χ2n) is 6.31. The summed E-state index contributed by atoms with van der Waals surface area (Å²) >= 11 is 4.03. The quantitative estimate of drug-likeness (QED) is 0.330. The summed E-state index contributed by atoms with van der Waals surface area (Å²) in [6.45, 7) is 3.59. The summed E-state index contributed by atoms with van der Waals surface area (Å²) in [6, 6.07) is -2.53. The van der Waals surface area contributed by atoms with E-state index in [-0.39, 0.29) is 18.2 Å². The van der Waals surface area contributed by atoms with Gasteiger partial charge in [-0.15, -0.1) is 0 Å². The van der Waals surface area contributed by atoms with Crippen LogP contribution in [0.4, 0.5) is 0 Å². The van der Waals surface area contributed by atoms with Crippen molar-refractivity contribution in [3.63, 3.8) is 0 Å². The largest absolute Gasteiger partial charge is 0.480 e. The molecule has 142 valence electrons. The van der Waals surface area contributed by atoms with E-state index in [1.807, 2.05) is 0 Å². The number of carbonyl (C=O) groups is 4. The van der Waals surface area contributed by atoms with Gasteiger partial charge in [0.05, 0.1) is 12.6 Å². The molecule has 0 aromatic rings. The fraction of sp³-hybridized carbons (Fsp3) is 0.733. The normalized spacial score (nSPS) is 19.4. The van der Waals surface area contributed by atoms with Gasteiger partial charge in [-0.05, 0) is 18.8 Å². The van der Waals surface area contributed by atoms with Crippen LogP contribution in [0.2, 0.25) is 0 Å². The Morgan fingerprint density at radius 3 is 2.44 bits per heavy atom. The number of hydrogen-bond donors (Lipinski definition) is 5. The Morgan fingerprint density at radius 2 is 1.92 bits per heavy atom. The predicted octanol–water partition coefficient (Wildman–Crippen LogP) is -1.42. The van der Waals surface area contributed by atoms with Crippen LogP contribution in [0.3, 0.4) is 0 Å². The summed E-state index contributed by atoms with van der Waals surface area (Å²) in [6.07, 6.45) is 1.01. The number of amides is 3. The number of nitrogens with zero attached hydrogens (tertiary/aromatic N) is 1. The molecule has 0 aromatic carbocycles. The Bertz CT molecular complexity index is 528. The molecule has 0 aliphatic carbocycles. The molecule has 3 atom stereocenters. The second-order valence-corrected chi connectivity index (χ2v) is 6.68. The van der Waals surface area contributed by atoms with E-state index in [0.29, 0.717) is 19.4 Å². The van der Waals surface area contributed by atoms with Gasteiger partial charge in [0.25, 0.3) is 0 Å². The lowest BCUT2D eigenvalue weighted by atomic mass is 10.0. The number of carboxylic acid groups (broad SMARTS) is 1. The summed E-state index contributed by atoms with van der Waals surface area (Å²) in [5.41, 5.74) is 5.73. The van der Waals surface area contributed by atoms with Crippen LogP contribution < -0.4 is 16.4 Å². The lowest BCUT2D eigenvalue weighted by Crippen LogP contribution is -2.55. The number of aliphatic carboxylic acids is 1. The monoisotopic (exact) mass is 374 g/mol. The molecule has 3 unspecified atom stereocenters. The van der Waals surface area contributed by atoms with E-state index < -0.39 is 41.8 Å². The van der Waals surface area contributed by atoms with Crippen molar-refractivity contribution in [3.8, 4) is 0 Å². The molecular formula is C15H26N4O5S. The van der Waals surface area contributed by atoms with Crippen LogP contribution >= 0.6 is 12.6 Å². The van der Waals surface area contributed by atoms with Crippen molar-refractivity contribution >= 4 is 36.3 Å². The van der Waals surface area contributed by atoms with Gasteiger partial charge in [0, 0.05) is 12.3 Å². The van der Waals surface area contributed by atoms with E-state index in [2.05, 4.69) is 23.3 Å². The van der Waals surface area contributed by atoms with Gasteiger partial charge < -0.3 is 26.4 Å². The molecule has 0 spiro atoms. The van der Waals surface area contributed by atoms with Gasteiger partial charge in [0.2, 0.25) is 17.7 Å². The molecule has 9 nitrogen and oxygen atoms in total. The smallest absolute Gasteiger partial charge is 0.326 e. The van der Waals surface area contributed by atoms with Gasteiger partial charge in [0.15, 0.2) is 0 Å². The molecule has 1 aliphatic rings. The number of thiol groups is 1. The zero-order valence-corrected chi connectivity index (χ0v) is 15.3. The SMILES string of the molecule is CC(C)C(N)C(=O)NC(CS)C(=O)NCC(=O)N1CCCC1C(=O)O. The minimum atomic E-state index is -1.06. The number of likely N-dealkylation sites (tertiary alicyclic amines) is 1. The summed E-state index contributed by atoms with van der Waals surface area (Å²) in [7, 11) is 0. The van der Waals surface area contributed by atoms with Crippen LogP contribution in [0.1, 0.15) is 26.7 Å². The molecule has 5 N–H and O–H groups in total. The van der Waals surface area contributed by atoms with Gasteiger partial charge in [-0.25, -0.2) is 4.79 Å². The van der Waals surface area contributed by atoms with E-state index in [4.69, 9.17) is 10.8 Å². The minimum absolute atomic E-state index is 0.0397. The van der Waals surface area contributed by atoms with Crippen molar-refractivity contribution in [2.75, 3.05) is 18.8 Å². The van der Waals surface area contributed by atoms with E-state index in [9.17, 15) is 19.2 Å². The minimum Gasteiger partial charge on any atom is -0.480 e. The molecule has 1 rings (SSSR count). The van der Waals surface area contributed by atoms with Crippen LogP contribution in [0.15, 0.2) is 0 Å². The highest BCUT2D eigenvalue weighted by Crippen LogP contribution is 2.17. The first kappa shape index (κ1) is 21.2. The first-order valence-corrected chi connectivity index (χ1v) is 8.79. The number of carboxylic acids is 1. The lowest BCUT2D eigenvalue weighted by Gasteiger charge is -2.23. The fourth-order valence-corrected chi connectivity index (χ4v) is 2.73. The molecule has 25 heavy (non-hydrogen) atoms. The van der Waals surface area contributed by atoms with E-state index in [0.717, 1.165) is 0 Å². The lowest BCUT2D eigenvalue weighted by molar-refractivity contribution is -0.148. The molecule has 0 aromatic heterocycles. The third-order valence-corrected chi connectivity index (χ3v) is 4.47. The van der Waals surface area contributed by atoms with Crippen LogP contribution in [0.5, 0.6) is 0 Å². The van der Waals surface area contributed by atoms with Crippen molar-refractivity contribution in [3.05, 3.63) is 0 Å². The van der Waals surface area contributed by atoms with E-state index >= 15 is 0 Å². The molecule has 0 saturated carbocycles. The zero-order valence-electron chi connectivity index (χ0n) is 14.4. The Labute approximate surface area is 152 Å². The number of carbonyl (C=O) groups excluding carboxylic acids is 3. The van der Waals surface area contributed by atoms with Gasteiger partial charge in [-0.2, -0.15) is 12.6 Å².